The van der Waals surface area contributed by atoms with Crippen molar-refractivity contribution in [2.45, 2.75) is 11.3 Å². The van der Waals surface area contributed by atoms with Crippen molar-refractivity contribution in [1.82, 2.24) is 0 Å². The zero-order valence-corrected chi connectivity index (χ0v) is 8.84. The molecule has 4 heteroatoms. The lowest BCUT2D eigenvalue weighted by molar-refractivity contribution is -0.117. The number of primary amides is 1. The molecule has 76 valence electrons. The molecule has 0 heterocycles. The van der Waals surface area contributed by atoms with E-state index in [1.54, 1.807) is 18.9 Å². The van der Waals surface area contributed by atoms with Gasteiger partial charge in [-0.1, -0.05) is 0 Å². The van der Waals surface area contributed by atoms with Gasteiger partial charge in [-0.05, 0) is 24.3 Å². The van der Waals surface area contributed by atoms with Crippen molar-refractivity contribution in [2.24, 2.45) is 5.73 Å². The summed E-state index contributed by atoms with van der Waals surface area (Å²) in [5, 5.41) is 0. The van der Waals surface area contributed by atoms with E-state index in [0.717, 1.165) is 16.4 Å². The fourth-order valence-corrected chi connectivity index (χ4v) is 1.81. The predicted molar refractivity (Wildman–Crippen MR) is 57.5 cm³/mol. The number of hydrogen-bond donors (Lipinski definition) is 1. The molecule has 0 radical (unpaired) electrons. The van der Waals surface area contributed by atoms with Gasteiger partial charge in [0.1, 0.15) is 5.75 Å². The van der Waals surface area contributed by atoms with Crippen molar-refractivity contribution < 1.29 is 9.53 Å². The second-order valence-corrected chi connectivity index (χ2v) is 3.91. The highest BCUT2D eigenvalue weighted by Crippen LogP contribution is 2.21. The molecule has 0 aliphatic rings. The number of carbonyl (C=O) groups is 1. The lowest BCUT2D eigenvalue weighted by atomic mass is 10.3. The van der Waals surface area contributed by atoms with Crippen LogP contribution in [0.15, 0.2) is 29.2 Å². The largest absolute Gasteiger partial charge is 0.497 e. The van der Waals surface area contributed by atoms with Crippen molar-refractivity contribution in [3.05, 3.63) is 24.3 Å². The molecule has 0 aliphatic heterocycles. The number of hydrogen-bond acceptors (Lipinski definition) is 3. The summed E-state index contributed by atoms with van der Waals surface area (Å²) in [6, 6.07) is 7.72. The Morgan fingerprint density at radius 2 is 2.07 bits per heavy atom. The van der Waals surface area contributed by atoms with Gasteiger partial charge in [-0.2, -0.15) is 0 Å². The molecule has 0 spiro atoms. The van der Waals surface area contributed by atoms with Gasteiger partial charge >= 0.3 is 0 Å². The molecule has 1 aromatic rings. The van der Waals surface area contributed by atoms with E-state index < -0.39 is 0 Å². The molecule has 0 unspecified atom stereocenters. The van der Waals surface area contributed by atoms with E-state index >= 15 is 0 Å². The number of ether oxygens (including phenoxy) is 1. The molecule has 0 saturated heterocycles. The number of amides is 1. The number of benzene rings is 1. The van der Waals surface area contributed by atoms with Crippen LogP contribution < -0.4 is 10.5 Å². The summed E-state index contributed by atoms with van der Waals surface area (Å²) in [5.74, 6) is 1.30. The number of carbonyl (C=O) groups excluding carboxylic acids is 1. The minimum Gasteiger partial charge on any atom is -0.497 e. The maximum Gasteiger partial charge on any atom is 0.218 e. The van der Waals surface area contributed by atoms with Crippen LogP contribution in [0.5, 0.6) is 5.75 Å². The van der Waals surface area contributed by atoms with E-state index in [1.165, 1.54) is 0 Å². The molecule has 0 fully saturated rings. The fraction of sp³-hybridized carbons (Fsp3) is 0.300. The Bertz CT molecular complexity index is 297. The van der Waals surface area contributed by atoms with E-state index in [4.69, 9.17) is 10.5 Å². The van der Waals surface area contributed by atoms with Crippen LogP contribution in [0.1, 0.15) is 6.42 Å². The molecular weight excluding hydrogens is 198 g/mol. The van der Waals surface area contributed by atoms with Crippen LogP contribution in [-0.4, -0.2) is 18.8 Å². The molecule has 2 N–H and O–H groups in total. The molecule has 1 aromatic carbocycles. The number of methoxy groups -OCH3 is 1. The first-order valence-electron chi connectivity index (χ1n) is 4.27. The average molecular weight is 211 g/mol. The Kier molecular flexibility index (Phi) is 4.32. The van der Waals surface area contributed by atoms with Gasteiger partial charge in [0.2, 0.25) is 5.91 Å². The second kappa shape index (κ2) is 5.54. The quantitative estimate of drug-likeness (QED) is 0.754. The highest BCUT2D eigenvalue weighted by molar-refractivity contribution is 7.99. The van der Waals surface area contributed by atoms with Crippen molar-refractivity contribution in [3.63, 3.8) is 0 Å². The Hall–Kier alpha value is -1.16. The highest BCUT2D eigenvalue weighted by Gasteiger charge is 1.97. The summed E-state index contributed by atoms with van der Waals surface area (Å²) in [5.41, 5.74) is 5.03. The molecule has 3 nitrogen and oxygen atoms in total. The lowest BCUT2D eigenvalue weighted by Crippen LogP contribution is -2.10. The molecule has 1 amide bonds. The van der Waals surface area contributed by atoms with Crippen LogP contribution in [0.2, 0.25) is 0 Å². The third kappa shape index (κ3) is 3.70. The van der Waals surface area contributed by atoms with Crippen LogP contribution in [0.3, 0.4) is 0 Å². The Morgan fingerprint density at radius 1 is 1.43 bits per heavy atom. The zero-order chi connectivity index (χ0) is 10.4. The maximum atomic E-state index is 10.5. The first-order valence-corrected chi connectivity index (χ1v) is 5.26. The van der Waals surface area contributed by atoms with E-state index in [9.17, 15) is 4.79 Å². The smallest absolute Gasteiger partial charge is 0.218 e. The SMILES string of the molecule is COc1ccc(SCCC(N)=O)cc1. The fourth-order valence-electron chi connectivity index (χ4n) is 0.941. The second-order valence-electron chi connectivity index (χ2n) is 2.74. The van der Waals surface area contributed by atoms with Crippen LogP contribution in [0.25, 0.3) is 0 Å². The third-order valence-corrected chi connectivity index (χ3v) is 2.69. The van der Waals surface area contributed by atoms with Gasteiger partial charge in [-0.15, -0.1) is 11.8 Å². The van der Waals surface area contributed by atoms with E-state index in [0.29, 0.717) is 6.42 Å². The topological polar surface area (TPSA) is 52.3 Å². The van der Waals surface area contributed by atoms with E-state index in [-0.39, 0.29) is 5.91 Å². The Morgan fingerprint density at radius 3 is 2.57 bits per heavy atom. The van der Waals surface area contributed by atoms with Crippen LogP contribution in [0.4, 0.5) is 0 Å². The molecule has 0 bridgehead atoms. The van der Waals surface area contributed by atoms with Crippen LogP contribution in [0, 0.1) is 0 Å². The molecule has 0 saturated carbocycles. The number of nitrogens with two attached hydrogens (primary N) is 1. The summed E-state index contributed by atoms with van der Waals surface area (Å²) in [4.78, 5) is 11.6. The minimum atomic E-state index is -0.258. The van der Waals surface area contributed by atoms with Gasteiger partial charge in [0, 0.05) is 17.1 Å². The van der Waals surface area contributed by atoms with Crippen LogP contribution in [-0.2, 0) is 4.79 Å². The van der Waals surface area contributed by atoms with Gasteiger partial charge in [-0.25, -0.2) is 0 Å². The van der Waals surface area contributed by atoms with Crippen molar-refractivity contribution in [2.75, 3.05) is 12.9 Å². The molecule has 0 aliphatic carbocycles. The Balaban J connectivity index is 2.40. The van der Waals surface area contributed by atoms with Gasteiger partial charge in [0.25, 0.3) is 0 Å². The highest BCUT2D eigenvalue weighted by atomic mass is 32.2. The maximum absolute atomic E-state index is 10.5. The van der Waals surface area contributed by atoms with Crippen molar-refractivity contribution in [3.8, 4) is 5.75 Å². The number of rotatable bonds is 5. The van der Waals surface area contributed by atoms with Gasteiger partial charge in [0.15, 0.2) is 0 Å². The first-order chi connectivity index (χ1) is 6.72. The number of thioether (sulfide) groups is 1. The van der Waals surface area contributed by atoms with Gasteiger partial charge < -0.3 is 10.5 Å². The predicted octanol–water partition coefficient (Wildman–Crippen LogP) is 1.66. The molecular formula is C10H13NO2S. The molecule has 0 atom stereocenters. The summed E-state index contributed by atoms with van der Waals surface area (Å²) >= 11 is 1.61. The van der Waals surface area contributed by atoms with Crippen molar-refractivity contribution >= 4 is 17.7 Å². The third-order valence-electron chi connectivity index (χ3n) is 1.68. The van der Waals surface area contributed by atoms with Gasteiger partial charge in [0.05, 0.1) is 7.11 Å². The monoisotopic (exact) mass is 211 g/mol. The van der Waals surface area contributed by atoms with E-state index in [1.807, 2.05) is 24.3 Å². The minimum absolute atomic E-state index is 0.258. The summed E-state index contributed by atoms with van der Waals surface area (Å²) in [6.07, 6.45) is 0.413. The summed E-state index contributed by atoms with van der Waals surface area (Å²) in [7, 11) is 1.63. The lowest BCUT2D eigenvalue weighted by Gasteiger charge is -2.02. The molecule has 1 rings (SSSR count). The molecule has 0 aromatic heterocycles. The molecule has 14 heavy (non-hydrogen) atoms. The standard InChI is InChI=1S/C10H13NO2S/c1-13-8-2-4-9(5-3-8)14-7-6-10(11)12/h2-5H,6-7H2,1H3,(H2,11,12). The Labute approximate surface area is 87.6 Å². The average Bonchev–Trinajstić information content (AvgIpc) is 2.18. The van der Waals surface area contributed by atoms with Crippen LogP contribution >= 0.6 is 11.8 Å². The van der Waals surface area contributed by atoms with E-state index in [2.05, 4.69) is 0 Å². The first kappa shape index (κ1) is 10.9. The summed E-state index contributed by atoms with van der Waals surface area (Å²) in [6.45, 7) is 0. The normalized spacial score (nSPS) is 9.79. The zero-order valence-electron chi connectivity index (χ0n) is 8.03. The van der Waals surface area contributed by atoms with Crippen molar-refractivity contribution in [1.29, 1.82) is 0 Å². The summed E-state index contributed by atoms with van der Waals surface area (Å²) < 4.78 is 5.03. The van der Waals surface area contributed by atoms with Gasteiger partial charge in [-0.3, -0.25) is 4.79 Å².